The van der Waals surface area contributed by atoms with Crippen LogP contribution in [-0.2, 0) is 60.8 Å². The molecule has 11 rings (SSSR count). The van der Waals surface area contributed by atoms with Crippen molar-refractivity contribution in [3.63, 3.8) is 0 Å². The number of aromatic hydroxyl groups is 5. The number of nitrogens with two attached hydrogens (primary N) is 2. The molecule has 0 spiro atoms. The van der Waals surface area contributed by atoms with Gasteiger partial charge in [-0.25, -0.2) is 9.59 Å². The molecule has 505 valence electrons. The van der Waals surface area contributed by atoms with E-state index in [1.54, 1.807) is 152 Å². The molecule has 9 N–H and O–H groups in total. The first-order valence-electron chi connectivity index (χ1n) is 30.5. The molecule has 3 aliphatic heterocycles. The molecule has 25 heteroatoms. The minimum absolute atomic E-state index is 0.00958. The van der Waals surface area contributed by atoms with Crippen molar-refractivity contribution in [2.24, 2.45) is 11.5 Å². The van der Waals surface area contributed by atoms with E-state index in [0.717, 1.165) is 42.4 Å². The first-order valence-corrected chi connectivity index (χ1v) is 31.3. The van der Waals surface area contributed by atoms with Gasteiger partial charge in [-0.1, -0.05) is 108 Å². The number of carbonyl (C=O) groups excluding carboxylic acids is 7. The second-order valence-electron chi connectivity index (χ2n) is 22.2. The van der Waals surface area contributed by atoms with E-state index >= 15 is 0 Å². The molecule has 8 aromatic rings. The summed E-state index contributed by atoms with van der Waals surface area (Å²) in [6.45, 7) is 9.13. The third kappa shape index (κ3) is 25.6. The predicted octanol–water partition coefficient (Wildman–Crippen LogP) is 11.2. The van der Waals surface area contributed by atoms with Gasteiger partial charge in [0.2, 0.25) is 0 Å². The van der Waals surface area contributed by atoms with Gasteiger partial charge in [0, 0.05) is 19.5 Å². The maximum atomic E-state index is 12.2. The van der Waals surface area contributed by atoms with Crippen molar-refractivity contribution in [3.8, 4) is 28.7 Å². The number of hydrogen-bond acceptors (Lipinski definition) is 19. The number of halogens is 2. The van der Waals surface area contributed by atoms with Crippen LogP contribution in [0.4, 0.5) is 0 Å². The Morgan fingerprint density at radius 1 is 0.485 bits per heavy atom. The summed E-state index contributed by atoms with van der Waals surface area (Å²) in [5.74, 6) is -1.40. The number of ether oxygens (including phenoxy) is 2. The molecule has 21 nitrogen and oxygen atoms in total. The predicted molar refractivity (Wildman–Crippen MR) is 367 cm³/mol. The molecule has 0 saturated carbocycles. The number of carbonyl (C=O) groups is 7. The SMILES string of the molecule is CC(C)(C)OC(=O)CCCc1ccc(O)cc1.C[B]OOCB=O.NCCc1ccc(O)cc1.NCCc1ccc(O)cc1.O=C1OC(=O)c2ccccc21.O=C1c2ccccc2C(=O)N1CCc1cc(Cl)c(O)c(Cl)c1.O=C1c2ccccc2C(=O)N1CCc1ccc(O)cc1. The summed E-state index contributed by atoms with van der Waals surface area (Å²) in [6, 6.07) is 51.3. The number of fused-ring (bicyclic) bond motifs is 3. The number of esters is 3. The molecule has 0 unspecified atom stereocenters. The molecule has 97 heavy (non-hydrogen) atoms. The van der Waals surface area contributed by atoms with Gasteiger partial charge in [-0.2, -0.15) is 0 Å². The fourth-order valence-corrected chi connectivity index (χ4v) is 9.64. The quantitative estimate of drug-likeness (QED) is 0.00798. The zero-order valence-electron chi connectivity index (χ0n) is 53.9. The summed E-state index contributed by atoms with van der Waals surface area (Å²) in [4.78, 5) is 92.8. The molecule has 1 radical (unpaired) electrons. The molecule has 3 aliphatic rings. The van der Waals surface area contributed by atoms with Crippen LogP contribution in [0.25, 0.3) is 0 Å². The molecular weight excluding hydrogens is 1290 g/mol. The summed E-state index contributed by atoms with van der Waals surface area (Å²) in [6.07, 6.45) is 4.74. The van der Waals surface area contributed by atoms with Gasteiger partial charge in [0.1, 0.15) is 28.6 Å². The van der Waals surface area contributed by atoms with Crippen molar-refractivity contribution < 1.29 is 83.0 Å². The van der Waals surface area contributed by atoms with Crippen molar-refractivity contribution in [1.82, 2.24) is 9.80 Å². The Morgan fingerprint density at radius 3 is 1.12 bits per heavy atom. The minimum Gasteiger partial charge on any atom is -0.508 e. The maximum absolute atomic E-state index is 12.2. The van der Waals surface area contributed by atoms with Crippen molar-refractivity contribution in [2.75, 3.05) is 32.7 Å². The normalized spacial score (nSPS) is 12.1. The number of rotatable bonds is 18. The van der Waals surface area contributed by atoms with Gasteiger partial charge in [-0.3, -0.25) is 33.8 Å². The van der Waals surface area contributed by atoms with E-state index in [1.165, 1.54) is 28.4 Å². The van der Waals surface area contributed by atoms with E-state index < -0.39 is 17.5 Å². The monoisotopic (exact) mass is 1360 g/mol. The van der Waals surface area contributed by atoms with Crippen LogP contribution in [0.3, 0.4) is 0 Å². The van der Waals surface area contributed by atoms with E-state index in [0.29, 0.717) is 90.9 Å². The second kappa shape index (κ2) is 39.8. The van der Waals surface area contributed by atoms with Crippen LogP contribution in [0.5, 0.6) is 28.7 Å². The van der Waals surface area contributed by atoms with E-state index in [9.17, 15) is 48.5 Å². The molecule has 0 aliphatic carbocycles. The Kier molecular flexibility index (Phi) is 31.9. The van der Waals surface area contributed by atoms with Crippen molar-refractivity contribution >= 4 is 79.4 Å². The summed E-state index contributed by atoms with van der Waals surface area (Å²) in [5.41, 5.74) is 17.9. The van der Waals surface area contributed by atoms with E-state index in [4.69, 9.17) is 54.7 Å². The number of imide groups is 2. The van der Waals surface area contributed by atoms with Gasteiger partial charge >= 0.3 is 60.3 Å². The van der Waals surface area contributed by atoms with Gasteiger partial charge < -0.3 is 46.5 Å². The number of hydrogen-bond donors (Lipinski definition) is 7. The topological polar surface area (TPSA) is 333 Å². The van der Waals surface area contributed by atoms with Gasteiger partial charge in [0.05, 0.1) is 43.4 Å². The van der Waals surface area contributed by atoms with Gasteiger partial charge in [0.15, 0.2) is 5.75 Å². The number of phenols is 5. The van der Waals surface area contributed by atoms with Crippen molar-refractivity contribution in [2.45, 2.75) is 78.1 Å². The smallest absolute Gasteiger partial charge is 0.346 e. The van der Waals surface area contributed by atoms with Crippen LogP contribution in [-0.4, -0.2) is 130 Å². The summed E-state index contributed by atoms with van der Waals surface area (Å²) in [5, 5.41) is 45.9. The van der Waals surface area contributed by atoms with Crippen molar-refractivity contribution in [1.29, 1.82) is 0 Å². The molecule has 8 aromatic carbocycles. The largest absolute Gasteiger partial charge is 0.508 e. The third-order valence-electron chi connectivity index (χ3n) is 13.8. The van der Waals surface area contributed by atoms with Crippen LogP contribution in [0, 0.1) is 0 Å². The Bertz CT molecular complexity index is 3760. The molecule has 3 heterocycles. The minimum atomic E-state index is -0.550. The molecule has 0 bridgehead atoms. The molecule has 0 atom stereocenters. The van der Waals surface area contributed by atoms with E-state index in [-0.39, 0.29) is 69.9 Å². The average Bonchev–Trinajstić information content (AvgIpc) is 1.66. The maximum Gasteiger partial charge on any atom is 0.346 e. The molecule has 4 amide bonds. The zero-order chi connectivity index (χ0) is 71.0. The van der Waals surface area contributed by atoms with Gasteiger partial charge in [-0.05, 0) is 197 Å². The Labute approximate surface area is 573 Å². The average molecular weight is 1360 g/mol. The Morgan fingerprint density at radius 2 is 0.804 bits per heavy atom. The number of nitrogens with zero attached hydrogens (tertiary/aromatic N) is 2. The first kappa shape index (κ1) is 77.7. The molecular formula is C72H75B2Cl2N4O17. The molecule has 0 saturated heterocycles. The molecule has 0 fully saturated rings. The number of aryl methyl sites for hydroxylation is 1. The third-order valence-corrected chi connectivity index (χ3v) is 14.4. The number of cyclic esters (lactones) is 2. The second-order valence-corrected chi connectivity index (χ2v) is 23.0. The Balaban J connectivity index is 0.000000211. The summed E-state index contributed by atoms with van der Waals surface area (Å²) in [7, 11) is 1.97. The van der Waals surface area contributed by atoms with Gasteiger partial charge in [0.25, 0.3) is 23.6 Å². The number of phenolic OH excluding ortho intramolecular Hbond substituents is 5. The number of benzene rings is 8. The standard InChI is InChI=1S/C16H11Cl2NO3.C16H13NO3.C14H20O3.2C8H11NO.C8H4O3.C2H5B2O3/c17-12-7-9(8-13(18)14(12)20)5-6-19-15(21)10-3-1-2-4-11(10)16(19)22;18-12-7-5-11(6-8-12)9-10-17-15(19)13-3-1-2-4-14(13)16(17)20;1-14(2,3)17-13(16)6-4-5-11-7-9-12(15)10-8-11;2*9-6-5-7-1-3-8(10)4-2-7;9-7-5-3-1-2-4-6(5)8(10)11-7;1-3-7-6-2-4-5/h1-4,7-8,20H,5-6H2;1-8,18H,9-10H2;7-10,15H,4-6H2,1-3H3;2*1-4,10H,5-6,9H2;1-4H;2H2,1H3. The zero-order valence-corrected chi connectivity index (χ0v) is 55.4. The van der Waals surface area contributed by atoms with Crippen LogP contribution in [0.15, 0.2) is 182 Å². The van der Waals surface area contributed by atoms with Crippen LogP contribution < -0.4 is 11.5 Å². The first-order chi connectivity index (χ1) is 46.4. The fourth-order valence-electron chi connectivity index (χ4n) is 9.11. The summed E-state index contributed by atoms with van der Waals surface area (Å²) < 4.78 is 19.0. The van der Waals surface area contributed by atoms with E-state index in [2.05, 4.69) is 14.4 Å². The van der Waals surface area contributed by atoms with Crippen LogP contribution >= 0.6 is 23.2 Å². The molecule has 0 aromatic heterocycles. The van der Waals surface area contributed by atoms with Gasteiger partial charge in [-0.15, -0.1) is 0 Å². The summed E-state index contributed by atoms with van der Waals surface area (Å²) >= 11 is 11.7. The van der Waals surface area contributed by atoms with Crippen LogP contribution in [0.2, 0.25) is 16.9 Å². The van der Waals surface area contributed by atoms with E-state index in [1.807, 2.05) is 57.2 Å². The Hall–Kier alpha value is -10.0. The fraction of sp³-hybridized carbons (Fsp3) is 0.236. The number of amides is 4. The van der Waals surface area contributed by atoms with Crippen LogP contribution in [0.1, 0.15) is 124 Å². The van der Waals surface area contributed by atoms with Crippen molar-refractivity contribution in [3.05, 3.63) is 253 Å².